The van der Waals surface area contributed by atoms with Crippen molar-refractivity contribution in [1.82, 2.24) is 14.8 Å². The highest BCUT2D eigenvalue weighted by Crippen LogP contribution is 2.16. The highest BCUT2D eigenvalue weighted by atomic mass is 79.9. The molecular formula is C11H20BrN3. The van der Waals surface area contributed by atoms with E-state index in [4.69, 9.17) is 0 Å². The van der Waals surface area contributed by atoms with Crippen molar-refractivity contribution in [3.8, 4) is 0 Å². The van der Waals surface area contributed by atoms with Crippen LogP contribution in [0, 0.1) is 5.92 Å². The Morgan fingerprint density at radius 1 is 1.47 bits per heavy atom. The molecular weight excluding hydrogens is 254 g/mol. The fourth-order valence-corrected chi connectivity index (χ4v) is 2.43. The van der Waals surface area contributed by atoms with Gasteiger partial charge in [0.15, 0.2) is 0 Å². The van der Waals surface area contributed by atoms with Crippen molar-refractivity contribution in [3.63, 3.8) is 0 Å². The Morgan fingerprint density at radius 3 is 2.80 bits per heavy atom. The van der Waals surface area contributed by atoms with Gasteiger partial charge in [-0.05, 0) is 18.8 Å². The number of nitrogens with zero attached hydrogens (tertiary/aromatic N) is 3. The van der Waals surface area contributed by atoms with Gasteiger partial charge < -0.3 is 0 Å². The van der Waals surface area contributed by atoms with E-state index in [1.54, 1.807) is 6.33 Å². The van der Waals surface area contributed by atoms with Gasteiger partial charge in [0.1, 0.15) is 12.2 Å². The molecule has 0 aliphatic carbocycles. The summed E-state index contributed by atoms with van der Waals surface area (Å²) < 4.78 is 2.02. The summed E-state index contributed by atoms with van der Waals surface area (Å²) in [4.78, 5) is 4.90. The third-order valence-corrected chi connectivity index (χ3v) is 2.76. The molecule has 0 fully saturated rings. The van der Waals surface area contributed by atoms with Crippen molar-refractivity contribution in [1.29, 1.82) is 0 Å². The lowest BCUT2D eigenvalue weighted by molar-refractivity contribution is 0.483. The Hall–Kier alpha value is -0.380. The highest BCUT2D eigenvalue weighted by molar-refractivity contribution is 9.09. The van der Waals surface area contributed by atoms with Crippen LogP contribution in [0.5, 0.6) is 0 Å². The lowest BCUT2D eigenvalue weighted by Gasteiger charge is -2.12. The van der Waals surface area contributed by atoms with Gasteiger partial charge in [0.2, 0.25) is 0 Å². The molecule has 0 saturated carbocycles. The molecule has 1 aromatic rings. The monoisotopic (exact) mass is 273 g/mol. The maximum atomic E-state index is 4.32. The molecule has 0 aromatic carbocycles. The van der Waals surface area contributed by atoms with Crippen LogP contribution in [0.15, 0.2) is 6.33 Å². The zero-order chi connectivity index (χ0) is 11.3. The molecule has 1 heterocycles. The molecule has 0 amide bonds. The molecule has 0 N–H and O–H groups in total. The minimum Gasteiger partial charge on any atom is -0.250 e. The minimum atomic E-state index is 0.579. The first-order valence-electron chi connectivity index (χ1n) is 5.64. The number of hydrogen-bond donors (Lipinski definition) is 0. The number of rotatable bonds is 6. The number of halogens is 1. The van der Waals surface area contributed by atoms with E-state index in [1.807, 2.05) is 4.68 Å². The molecule has 1 aromatic heterocycles. The molecule has 0 aliphatic rings. The molecule has 0 spiro atoms. The summed E-state index contributed by atoms with van der Waals surface area (Å²) in [5, 5.41) is 4.23. The lowest BCUT2D eigenvalue weighted by atomic mass is 10.0. The van der Waals surface area contributed by atoms with Gasteiger partial charge in [-0.15, -0.1) is 0 Å². The predicted molar refractivity (Wildman–Crippen MR) is 66.2 cm³/mol. The predicted octanol–water partition coefficient (Wildman–Crippen LogP) is 3.04. The minimum absolute atomic E-state index is 0.579. The number of aryl methyl sites for hydroxylation is 1. The third kappa shape index (κ3) is 4.33. The molecule has 1 rings (SSSR count). The van der Waals surface area contributed by atoms with Gasteiger partial charge in [0.25, 0.3) is 0 Å². The Balaban J connectivity index is 2.51. The normalized spacial score (nSPS) is 15.2. The van der Waals surface area contributed by atoms with Gasteiger partial charge in [0, 0.05) is 17.8 Å². The van der Waals surface area contributed by atoms with Crippen molar-refractivity contribution >= 4 is 15.9 Å². The zero-order valence-electron chi connectivity index (χ0n) is 9.78. The van der Waals surface area contributed by atoms with Crippen molar-refractivity contribution in [2.45, 2.75) is 51.4 Å². The van der Waals surface area contributed by atoms with Crippen molar-refractivity contribution < 1.29 is 0 Å². The quantitative estimate of drug-likeness (QED) is 0.746. The average Bonchev–Trinajstić information content (AvgIpc) is 2.52. The molecule has 2 unspecified atom stereocenters. The van der Waals surface area contributed by atoms with Crippen molar-refractivity contribution in [2.75, 3.05) is 0 Å². The van der Waals surface area contributed by atoms with Gasteiger partial charge in [-0.1, -0.05) is 36.7 Å². The van der Waals surface area contributed by atoms with E-state index in [-0.39, 0.29) is 0 Å². The van der Waals surface area contributed by atoms with E-state index in [9.17, 15) is 0 Å². The summed E-state index contributed by atoms with van der Waals surface area (Å²) in [5.74, 6) is 1.77. The van der Waals surface area contributed by atoms with Crippen LogP contribution < -0.4 is 0 Å². The van der Waals surface area contributed by atoms with Crippen LogP contribution >= 0.6 is 15.9 Å². The zero-order valence-corrected chi connectivity index (χ0v) is 11.4. The molecule has 0 saturated heterocycles. The van der Waals surface area contributed by atoms with Crippen LogP contribution in [0.1, 0.15) is 39.4 Å². The van der Waals surface area contributed by atoms with E-state index in [2.05, 4.69) is 46.8 Å². The van der Waals surface area contributed by atoms with E-state index < -0.39 is 0 Å². The smallest absolute Gasteiger partial charge is 0.138 e. The first kappa shape index (κ1) is 12.7. The Labute approximate surface area is 100 Å². The Bertz CT molecular complexity index is 283. The second kappa shape index (κ2) is 6.26. The topological polar surface area (TPSA) is 30.7 Å². The standard InChI is InChI=1S/C11H20BrN3/c1-4-5-15-11(13-8-14-15)7-9(2)6-10(3)12/h8-10H,4-7H2,1-3H3. The Kier molecular flexibility index (Phi) is 5.29. The summed E-state index contributed by atoms with van der Waals surface area (Å²) in [6.07, 6.45) is 4.98. The van der Waals surface area contributed by atoms with E-state index in [0.717, 1.165) is 25.2 Å². The van der Waals surface area contributed by atoms with Crippen molar-refractivity contribution in [3.05, 3.63) is 12.2 Å². The molecule has 0 aliphatic heterocycles. The summed E-state index contributed by atoms with van der Waals surface area (Å²) in [6.45, 7) is 7.59. The van der Waals surface area contributed by atoms with Crippen LogP contribution in [-0.4, -0.2) is 19.6 Å². The first-order valence-corrected chi connectivity index (χ1v) is 6.55. The molecule has 0 radical (unpaired) electrons. The molecule has 0 bridgehead atoms. The maximum Gasteiger partial charge on any atom is 0.138 e. The van der Waals surface area contributed by atoms with Crippen LogP contribution in [0.4, 0.5) is 0 Å². The number of hydrogen-bond acceptors (Lipinski definition) is 2. The maximum absolute atomic E-state index is 4.32. The van der Waals surface area contributed by atoms with E-state index in [1.165, 1.54) is 6.42 Å². The average molecular weight is 274 g/mol. The third-order valence-electron chi connectivity index (χ3n) is 2.39. The second-order valence-corrected chi connectivity index (χ2v) is 5.79. The summed E-state index contributed by atoms with van der Waals surface area (Å²) in [6, 6.07) is 0. The van der Waals surface area contributed by atoms with Gasteiger partial charge in [-0.3, -0.25) is 4.68 Å². The van der Waals surface area contributed by atoms with Crippen LogP contribution in [0.3, 0.4) is 0 Å². The fourth-order valence-electron chi connectivity index (χ4n) is 1.79. The largest absolute Gasteiger partial charge is 0.250 e. The number of alkyl halides is 1. The molecule has 2 atom stereocenters. The van der Waals surface area contributed by atoms with Gasteiger partial charge >= 0.3 is 0 Å². The number of aromatic nitrogens is 3. The van der Waals surface area contributed by atoms with Gasteiger partial charge in [-0.2, -0.15) is 5.10 Å². The first-order chi connectivity index (χ1) is 7.13. The van der Waals surface area contributed by atoms with Crippen LogP contribution in [0.2, 0.25) is 0 Å². The second-order valence-electron chi connectivity index (χ2n) is 4.23. The van der Waals surface area contributed by atoms with E-state index >= 15 is 0 Å². The van der Waals surface area contributed by atoms with Crippen molar-refractivity contribution in [2.24, 2.45) is 5.92 Å². The summed E-state index contributed by atoms with van der Waals surface area (Å²) in [7, 11) is 0. The molecule has 4 heteroatoms. The van der Waals surface area contributed by atoms with Gasteiger partial charge in [-0.25, -0.2) is 4.98 Å². The molecule has 86 valence electrons. The van der Waals surface area contributed by atoms with Gasteiger partial charge in [0.05, 0.1) is 0 Å². The van der Waals surface area contributed by atoms with Crippen LogP contribution in [-0.2, 0) is 13.0 Å². The van der Waals surface area contributed by atoms with Crippen LogP contribution in [0.25, 0.3) is 0 Å². The summed E-state index contributed by atoms with van der Waals surface area (Å²) >= 11 is 3.59. The fraction of sp³-hybridized carbons (Fsp3) is 0.818. The molecule has 15 heavy (non-hydrogen) atoms. The summed E-state index contributed by atoms with van der Waals surface area (Å²) in [5.41, 5.74) is 0. The lowest BCUT2D eigenvalue weighted by Crippen LogP contribution is -2.11. The SMILES string of the molecule is CCCn1ncnc1CC(C)CC(C)Br. The molecule has 3 nitrogen and oxygen atoms in total. The highest BCUT2D eigenvalue weighted by Gasteiger charge is 2.11. The Morgan fingerprint density at radius 2 is 2.20 bits per heavy atom. The van der Waals surface area contributed by atoms with E-state index in [0.29, 0.717) is 10.7 Å².